The number of amides is 1. The largest absolute Gasteiger partial charge is 0.497 e. The van der Waals surface area contributed by atoms with Crippen molar-refractivity contribution in [3.8, 4) is 5.75 Å². The molecular weight excluding hydrogens is 264 g/mol. The summed E-state index contributed by atoms with van der Waals surface area (Å²) in [5.41, 5.74) is 1.18. The van der Waals surface area contributed by atoms with Crippen LogP contribution in [-0.4, -0.2) is 38.1 Å². The molecule has 1 aliphatic rings. The Labute approximate surface area is 127 Å². The minimum Gasteiger partial charge on any atom is -0.497 e. The SMILES string of the molecule is CNC(CN1CC(C(C)C)CC1=O)c1ccc(OC)cc1. The summed E-state index contributed by atoms with van der Waals surface area (Å²) >= 11 is 0. The number of hydrogen-bond acceptors (Lipinski definition) is 3. The molecule has 1 heterocycles. The van der Waals surface area contributed by atoms with Gasteiger partial charge in [-0.2, -0.15) is 0 Å². The van der Waals surface area contributed by atoms with Gasteiger partial charge in [0, 0.05) is 25.6 Å². The Hall–Kier alpha value is -1.55. The summed E-state index contributed by atoms with van der Waals surface area (Å²) in [7, 11) is 3.61. The first-order valence-corrected chi connectivity index (χ1v) is 7.64. The van der Waals surface area contributed by atoms with Crippen LogP contribution in [0.5, 0.6) is 5.75 Å². The van der Waals surface area contributed by atoms with Crippen LogP contribution in [0.4, 0.5) is 0 Å². The minimum absolute atomic E-state index is 0.158. The quantitative estimate of drug-likeness (QED) is 0.875. The van der Waals surface area contributed by atoms with E-state index in [0.29, 0.717) is 18.3 Å². The van der Waals surface area contributed by atoms with Crippen LogP contribution in [0.15, 0.2) is 24.3 Å². The highest BCUT2D eigenvalue weighted by atomic mass is 16.5. The Morgan fingerprint density at radius 1 is 1.33 bits per heavy atom. The molecule has 116 valence electrons. The molecule has 1 saturated heterocycles. The van der Waals surface area contributed by atoms with Crippen molar-refractivity contribution >= 4 is 5.91 Å². The van der Waals surface area contributed by atoms with Gasteiger partial charge in [0.25, 0.3) is 0 Å². The molecule has 1 N–H and O–H groups in total. The molecule has 1 aliphatic heterocycles. The van der Waals surface area contributed by atoms with Crippen molar-refractivity contribution in [2.75, 3.05) is 27.2 Å². The number of benzene rings is 1. The van der Waals surface area contributed by atoms with E-state index in [1.165, 1.54) is 5.56 Å². The highest BCUT2D eigenvalue weighted by Gasteiger charge is 2.32. The van der Waals surface area contributed by atoms with E-state index >= 15 is 0 Å². The molecule has 0 aliphatic carbocycles. The molecular formula is C17H26N2O2. The number of likely N-dealkylation sites (N-methyl/N-ethyl adjacent to an activating group) is 1. The number of ether oxygens (including phenoxy) is 1. The molecule has 2 unspecified atom stereocenters. The van der Waals surface area contributed by atoms with E-state index in [0.717, 1.165) is 18.8 Å². The fourth-order valence-corrected chi connectivity index (χ4v) is 2.85. The van der Waals surface area contributed by atoms with E-state index < -0.39 is 0 Å². The number of rotatable bonds is 6. The van der Waals surface area contributed by atoms with Gasteiger partial charge in [0.15, 0.2) is 0 Å². The predicted octanol–water partition coefficient (Wildman–Crippen LogP) is 2.46. The molecule has 4 heteroatoms. The van der Waals surface area contributed by atoms with Gasteiger partial charge >= 0.3 is 0 Å². The van der Waals surface area contributed by atoms with Gasteiger partial charge in [0.2, 0.25) is 5.91 Å². The van der Waals surface area contributed by atoms with E-state index in [4.69, 9.17) is 4.74 Å². The first-order chi connectivity index (χ1) is 10.0. The molecule has 1 amide bonds. The number of carbonyl (C=O) groups excluding carboxylic acids is 1. The molecule has 4 nitrogen and oxygen atoms in total. The number of carbonyl (C=O) groups is 1. The Morgan fingerprint density at radius 3 is 2.48 bits per heavy atom. The van der Waals surface area contributed by atoms with Crippen LogP contribution < -0.4 is 10.1 Å². The maximum absolute atomic E-state index is 12.2. The number of hydrogen-bond donors (Lipinski definition) is 1. The van der Waals surface area contributed by atoms with Crippen molar-refractivity contribution in [1.82, 2.24) is 10.2 Å². The number of likely N-dealkylation sites (tertiary alicyclic amines) is 1. The normalized spacial score (nSPS) is 20.1. The lowest BCUT2D eigenvalue weighted by Gasteiger charge is -2.25. The zero-order valence-corrected chi connectivity index (χ0v) is 13.4. The molecule has 0 bridgehead atoms. The lowest BCUT2D eigenvalue weighted by Crippen LogP contribution is -2.35. The van der Waals surface area contributed by atoms with Crippen LogP contribution in [0, 0.1) is 11.8 Å². The molecule has 0 spiro atoms. The lowest BCUT2D eigenvalue weighted by atomic mass is 9.95. The summed E-state index contributed by atoms with van der Waals surface area (Å²) in [4.78, 5) is 14.1. The maximum atomic E-state index is 12.2. The monoisotopic (exact) mass is 290 g/mol. The zero-order chi connectivity index (χ0) is 15.4. The predicted molar refractivity (Wildman–Crippen MR) is 84.3 cm³/mol. The number of nitrogens with zero attached hydrogens (tertiary/aromatic N) is 1. The Morgan fingerprint density at radius 2 is 2.00 bits per heavy atom. The highest BCUT2D eigenvalue weighted by molar-refractivity contribution is 5.78. The van der Waals surface area contributed by atoms with Crippen molar-refractivity contribution in [3.05, 3.63) is 29.8 Å². The van der Waals surface area contributed by atoms with Crippen LogP contribution in [0.25, 0.3) is 0 Å². The van der Waals surface area contributed by atoms with Crippen molar-refractivity contribution in [2.24, 2.45) is 11.8 Å². The first-order valence-electron chi connectivity index (χ1n) is 7.64. The van der Waals surface area contributed by atoms with Gasteiger partial charge < -0.3 is 15.0 Å². The van der Waals surface area contributed by atoms with Gasteiger partial charge in [-0.25, -0.2) is 0 Å². The van der Waals surface area contributed by atoms with E-state index in [-0.39, 0.29) is 11.9 Å². The van der Waals surface area contributed by atoms with Crippen LogP contribution >= 0.6 is 0 Å². The maximum Gasteiger partial charge on any atom is 0.222 e. The summed E-state index contributed by atoms with van der Waals surface area (Å²) in [6.45, 7) is 6.00. The first kappa shape index (κ1) is 15.8. The summed E-state index contributed by atoms with van der Waals surface area (Å²) in [6, 6.07) is 8.19. The fraction of sp³-hybridized carbons (Fsp3) is 0.588. The second-order valence-electron chi connectivity index (χ2n) is 6.12. The van der Waals surface area contributed by atoms with Gasteiger partial charge in [0.05, 0.1) is 7.11 Å². The molecule has 21 heavy (non-hydrogen) atoms. The molecule has 2 atom stereocenters. The van der Waals surface area contributed by atoms with Gasteiger partial charge in [-0.05, 0) is 36.6 Å². The van der Waals surface area contributed by atoms with Crippen LogP contribution in [-0.2, 0) is 4.79 Å². The topological polar surface area (TPSA) is 41.6 Å². The average molecular weight is 290 g/mol. The van der Waals surface area contributed by atoms with E-state index in [1.807, 2.05) is 24.1 Å². The van der Waals surface area contributed by atoms with Crippen LogP contribution in [0.2, 0.25) is 0 Å². The van der Waals surface area contributed by atoms with Crippen molar-refractivity contribution in [3.63, 3.8) is 0 Å². The standard InChI is InChI=1S/C17H26N2O2/c1-12(2)14-9-17(20)19(10-14)11-16(18-3)13-5-7-15(21-4)8-6-13/h5-8,12,14,16,18H,9-11H2,1-4H3. The van der Waals surface area contributed by atoms with Gasteiger partial charge in [-0.15, -0.1) is 0 Å². The third-order valence-electron chi connectivity index (χ3n) is 4.46. The Bertz CT molecular complexity index is 470. The summed E-state index contributed by atoms with van der Waals surface area (Å²) < 4.78 is 5.19. The fourth-order valence-electron chi connectivity index (χ4n) is 2.85. The van der Waals surface area contributed by atoms with Gasteiger partial charge in [0.1, 0.15) is 5.75 Å². The minimum atomic E-state index is 0.158. The molecule has 0 saturated carbocycles. The zero-order valence-electron chi connectivity index (χ0n) is 13.4. The van der Waals surface area contributed by atoms with E-state index in [1.54, 1.807) is 7.11 Å². The average Bonchev–Trinajstić information content (AvgIpc) is 2.86. The second-order valence-corrected chi connectivity index (χ2v) is 6.12. The summed E-state index contributed by atoms with van der Waals surface area (Å²) in [6.07, 6.45) is 0.691. The molecule has 2 rings (SSSR count). The summed E-state index contributed by atoms with van der Waals surface area (Å²) in [5.74, 6) is 2.19. The molecule has 1 aromatic carbocycles. The van der Waals surface area contributed by atoms with Gasteiger partial charge in [-0.3, -0.25) is 4.79 Å². The molecule has 1 fully saturated rings. The highest BCUT2D eigenvalue weighted by Crippen LogP contribution is 2.27. The van der Waals surface area contributed by atoms with E-state index in [9.17, 15) is 4.79 Å². The van der Waals surface area contributed by atoms with Crippen molar-refractivity contribution in [2.45, 2.75) is 26.3 Å². The number of nitrogens with one attached hydrogen (secondary N) is 1. The second kappa shape index (κ2) is 6.94. The molecule has 0 radical (unpaired) electrons. The third-order valence-corrected chi connectivity index (χ3v) is 4.46. The Kier molecular flexibility index (Phi) is 5.23. The van der Waals surface area contributed by atoms with Crippen molar-refractivity contribution < 1.29 is 9.53 Å². The number of methoxy groups -OCH3 is 1. The Balaban J connectivity index is 2.03. The van der Waals surface area contributed by atoms with Gasteiger partial charge in [-0.1, -0.05) is 26.0 Å². The molecule has 0 aromatic heterocycles. The van der Waals surface area contributed by atoms with Crippen LogP contribution in [0.1, 0.15) is 31.9 Å². The van der Waals surface area contributed by atoms with E-state index in [2.05, 4.69) is 31.3 Å². The smallest absolute Gasteiger partial charge is 0.222 e. The molecule has 1 aromatic rings. The lowest BCUT2D eigenvalue weighted by molar-refractivity contribution is -0.128. The third kappa shape index (κ3) is 3.76. The van der Waals surface area contributed by atoms with Crippen molar-refractivity contribution in [1.29, 1.82) is 0 Å². The van der Waals surface area contributed by atoms with Crippen LogP contribution in [0.3, 0.4) is 0 Å². The summed E-state index contributed by atoms with van der Waals surface area (Å²) in [5, 5.41) is 3.31.